The Morgan fingerprint density at radius 1 is 1.27 bits per heavy atom. The molecule has 3 rings (SSSR count). The van der Waals surface area contributed by atoms with Crippen molar-refractivity contribution >= 4 is 34.7 Å². The fraction of sp³-hybridized carbons (Fsp3) is 0.471. The minimum Gasteiger partial charge on any atom is -0.351 e. The summed E-state index contributed by atoms with van der Waals surface area (Å²) >= 11 is 5.90. The van der Waals surface area contributed by atoms with Gasteiger partial charge in [0.15, 0.2) is 5.82 Å². The molecule has 1 aliphatic rings. The number of halogens is 4. The smallest absolute Gasteiger partial charge is 0.351 e. The molecule has 1 N–H and O–H groups in total. The lowest BCUT2D eigenvalue weighted by atomic mass is 10.0. The Labute approximate surface area is 175 Å². The molecule has 30 heavy (non-hydrogen) atoms. The number of pyridine rings is 1. The monoisotopic (exact) mass is 445 g/mol. The Morgan fingerprint density at radius 2 is 1.93 bits per heavy atom. The van der Waals surface area contributed by atoms with Gasteiger partial charge in [-0.05, 0) is 39.0 Å². The van der Waals surface area contributed by atoms with Crippen LogP contribution in [0.2, 0.25) is 5.02 Å². The standard InChI is InChI=1S/C17H19ClF3N7O2/c1-26-5-3-11(4-6-26)27(2)16-13(28(29)30)15(23-9-24-16)25-14-12(18)7-10(8-22-14)17(19,20)21/h7-9,11H,3-6H2,1-2H3,(H,22,23,24,25). The van der Waals surface area contributed by atoms with E-state index in [2.05, 4.69) is 25.2 Å². The number of nitrogens with zero attached hydrogens (tertiary/aromatic N) is 6. The lowest BCUT2D eigenvalue weighted by Gasteiger charge is -2.35. The van der Waals surface area contributed by atoms with Crippen molar-refractivity contribution in [2.24, 2.45) is 0 Å². The molecule has 0 amide bonds. The summed E-state index contributed by atoms with van der Waals surface area (Å²) in [6.07, 6.45) is -1.26. The van der Waals surface area contributed by atoms with Crippen molar-refractivity contribution in [3.05, 3.63) is 39.3 Å². The third-order valence-electron chi connectivity index (χ3n) is 4.96. The SMILES string of the molecule is CN1CCC(N(C)c2ncnc(Nc3ncc(C(F)(F)F)cc3Cl)c2[N+](=O)[O-])CC1. The van der Waals surface area contributed by atoms with Crippen LogP contribution in [-0.4, -0.2) is 58.0 Å². The Morgan fingerprint density at radius 3 is 2.50 bits per heavy atom. The molecule has 0 spiro atoms. The average molecular weight is 446 g/mol. The third-order valence-corrected chi connectivity index (χ3v) is 5.25. The van der Waals surface area contributed by atoms with Gasteiger partial charge in [0.2, 0.25) is 11.6 Å². The second-order valence-electron chi connectivity index (χ2n) is 6.97. The van der Waals surface area contributed by atoms with E-state index < -0.39 is 22.4 Å². The number of likely N-dealkylation sites (tertiary alicyclic amines) is 1. The predicted octanol–water partition coefficient (Wildman–Crippen LogP) is 3.73. The molecule has 162 valence electrons. The average Bonchev–Trinajstić information content (AvgIpc) is 2.68. The molecule has 0 unspecified atom stereocenters. The molecule has 1 fully saturated rings. The summed E-state index contributed by atoms with van der Waals surface area (Å²) in [5.41, 5.74) is -1.44. The van der Waals surface area contributed by atoms with E-state index in [0.717, 1.165) is 32.3 Å². The van der Waals surface area contributed by atoms with E-state index >= 15 is 0 Å². The minimum absolute atomic E-state index is 0.0513. The van der Waals surface area contributed by atoms with E-state index in [0.29, 0.717) is 12.3 Å². The van der Waals surface area contributed by atoms with Gasteiger partial charge in [0.25, 0.3) is 0 Å². The summed E-state index contributed by atoms with van der Waals surface area (Å²) in [6, 6.07) is 0.741. The Bertz CT molecular complexity index is 936. The van der Waals surface area contributed by atoms with E-state index in [9.17, 15) is 23.3 Å². The van der Waals surface area contributed by atoms with E-state index in [-0.39, 0.29) is 28.5 Å². The summed E-state index contributed by atoms with van der Waals surface area (Å²) in [7, 11) is 3.73. The van der Waals surface area contributed by atoms with Gasteiger partial charge >= 0.3 is 11.9 Å². The largest absolute Gasteiger partial charge is 0.417 e. The van der Waals surface area contributed by atoms with Crippen LogP contribution in [0.3, 0.4) is 0 Å². The van der Waals surface area contributed by atoms with Crippen LogP contribution in [0, 0.1) is 10.1 Å². The molecule has 9 nitrogen and oxygen atoms in total. The Hall–Kier alpha value is -2.73. The Kier molecular flexibility index (Phi) is 6.27. The normalized spacial score (nSPS) is 15.8. The van der Waals surface area contributed by atoms with Gasteiger partial charge in [-0.1, -0.05) is 11.6 Å². The second kappa shape index (κ2) is 8.56. The van der Waals surface area contributed by atoms with Crippen LogP contribution < -0.4 is 10.2 Å². The van der Waals surface area contributed by atoms with E-state index in [1.807, 2.05) is 7.05 Å². The molecule has 0 atom stereocenters. The van der Waals surface area contributed by atoms with Crippen molar-refractivity contribution in [3.63, 3.8) is 0 Å². The quantitative estimate of drug-likeness (QED) is 0.549. The van der Waals surface area contributed by atoms with Gasteiger partial charge < -0.3 is 15.1 Å². The van der Waals surface area contributed by atoms with Gasteiger partial charge in [-0.2, -0.15) is 13.2 Å². The molecule has 1 aliphatic heterocycles. The van der Waals surface area contributed by atoms with Crippen molar-refractivity contribution in [2.45, 2.75) is 25.1 Å². The lowest BCUT2D eigenvalue weighted by Crippen LogP contribution is -2.42. The van der Waals surface area contributed by atoms with Gasteiger partial charge in [-0.15, -0.1) is 0 Å². The molecular weight excluding hydrogens is 427 g/mol. The van der Waals surface area contributed by atoms with Crippen molar-refractivity contribution in [2.75, 3.05) is 37.4 Å². The fourth-order valence-electron chi connectivity index (χ4n) is 3.24. The predicted molar refractivity (Wildman–Crippen MR) is 105 cm³/mol. The minimum atomic E-state index is -4.61. The molecule has 0 radical (unpaired) electrons. The summed E-state index contributed by atoms with van der Waals surface area (Å²) in [5, 5.41) is 14.0. The topological polar surface area (TPSA) is 100 Å². The number of anilines is 3. The number of hydrogen-bond acceptors (Lipinski definition) is 8. The van der Waals surface area contributed by atoms with E-state index in [4.69, 9.17) is 11.6 Å². The van der Waals surface area contributed by atoms with Gasteiger partial charge in [0.05, 0.1) is 15.5 Å². The maximum Gasteiger partial charge on any atom is 0.417 e. The number of aromatic nitrogens is 3. The van der Waals surface area contributed by atoms with Crippen molar-refractivity contribution in [3.8, 4) is 0 Å². The Balaban J connectivity index is 1.93. The first-order chi connectivity index (χ1) is 14.1. The zero-order valence-corrected chi connectivity index (χ0v) is 16.9. The summed E-state index contributed by atoms with van der Waals surface area (Å²) in [5.74, 6) is -0.284. The highest BCUT2D eigenvalue weighted by Gasteiger charge is 2.33. The second-order valence-corrected chi connectivity index (χ2v) is 7.38. The zero-order valence-electron chi connectivity index (χ0n) is 16.1. The maximum atomic E-state index is 12.8. The number of hydrogen-bond donors (Lipinski definition) is 1. The van der Waals surface area contributed by atoms with Crippen LogP contribution in [0.5, 0.6) is 0 Å². The zero-order chi connectivity index (χ0) is 22.1. The summed E-state index contributed by atoms with van der Waals surface area (Å²) < 4.78 is 38.4. The molecule has 0 bridgehead atoms. The first-order valence-electron chi connectivity index (χ1n) is 8.98. The van der Waals surface area contributed by atoms with Crippen LogP contribution in [0.15, 0.2) is 18.6 Å². The molecule has 13 heteroatoms. The highest BCUT2D eigenvalue weighted by molar-refractivity contribution is 6.33. The number of alkyl halides is 3. The summed E-state index contributed by atoms with van der Waals surface area (Å²) in [6.45, 7) is 1.70. The first kappa shape index (κ1) is 22.0. The molecule has 2 aromatic rings. The van der Waals surface area contributed by atoms with Crippen molar-refractivity contribution < 1.29 is 18.1 Å². The van der Waals surface area contributed by atoms with Crippen LogP contribution in [0.25, 0.3) is 0 Å². The van der Waals surface area contributed by atoms with Crippen LogP contribution in [-0.2, 0) is 6.18 Å². The third kappa shape index (κ3) is 4.70. The molecular formula is C17H19ClF3N7O2. The van der Waals surface area contributed by atoms with E-state index in [1.54, 1.807) is 11.9 Å². The van der Waals surface area contributed by atoms with Crippen LogP contribution in [0.4, 0.5) is 36.3 Å². The first-order valence-corrected chi connectivity index (χ1v) is 9.36. The molecule has 0 aromatic carbocycles. The van der Waals surface area contributed by atoms with Gasteiger partial charge in [0.1, 0.15) is 6.33 Å². The van der Waals surface area contributed by atoms with E-state index in [1.165, 1.54) is 0 Å². The highest BCUT2D eigenvalue weighted by atomic mass is 35.5. The molecule has 3 heterocycles. The van der Waals surface area contributed by atoms with Crippen molar-refractivity contribution in [1.29, 1.82) is 0 Å². The lowest BCUT2D eigenvalue weighted by molar-refractivity contribution is -0.383. The highest BCUT2D eigenvalue weighted by Crippen LogP contribution is 2.37. The van der Waals surface area contributed by atoms with Crippen LogP contribution >= 0.6 is 11.6 Å². The van der Waals surface area contributed by atoms with Gasteiger partial charge in [-0.3, -0.25) is 10.1 Å². The number of nitro groups is 1. The number of piperidine rings is 1. The number of rotatable bonds is 5. The fourth-order valence-corrected chi connectivity index (χ4v) is 3.45. The van der Waals surface area contributed by atoms with Crippen LogP contribution in [0.1, 0.15) is 18.4 Å². The molecule has 0 aliphatic carbocycles. The molecule has 0 saturated carbocycles. The molecule has 1 saturated heterocycles. The number of nitrogens with one attached hydrogen (secondary N) is 1. The molecule has 2 aromatic heterocycles. The summed E-state index contributed by atoms with van der Waals surface area (Å²) in [4.78, 5) is 26.7. The van der Waals surface area contributed by atoms with Gasteiger partial charge in [0, 0.05) is 19.3 Å². The maximum absolute atomic E-state index is 12.8. The van der Waals surface area contributed by atoms with Gasteiger partial charge in [-0.25, -0.2) is 15.0 Å². The van der Waals surface area contributed by atoms with Crippen molar-refractivity contribution in [1.82, 2.24) is 19.9 Å².